The number of aromatic nitrogens is 2. The third-order valence-electron chi connectivity index (χ3n) is 12.9. The molecule has 4 fully saturated rings. The van der Waals surface area contributed by atoms with Crippen molar-refractivity contribution < 1.29 is 25.2 Å². The zero-order valence-corrected chi connectivity index (χ0v) is 33.3. The Labute approximate surface area is 339 Å². The first-order chi connectivity index (χ1) is 28.7. The van der Waals surface area contributed by atoms with Gasteiger partial charge in [-0.05, 0) is 92.1 Å². The number of carbonyl (C=O) groups is 3. The largest absolute Gasteiger partial charge is 0.496 e. The summed E-state index contributed by atoms with van der Waals surface area (Å²) in [7, 11) is 3.40. The lowest BCUT2D eigenvalue weighted by Gasteiger charge is -2.37. The molecule has 2 N–H and O–H groups in total. The maximum Gasteiger partial charge on any atom is 0.257 e. The summed E-state index contributed by atoms with van der Waals surface area (Å²) in [4.78, 5) is 68.9. The van der Waals surface area contributed by atoms with Crippen LogP contribution in [0, 0.1) is 5.92 Å². The van der Waals surface area contributed by atoms with Crippen LogP contribution in [-0.4, -0.2) is 122 Å². The van der Waals surface area contributed by atoms with Crippen LogP contribution in [0.1, 0.15) is 61.4 Å². The number of methoxy groups -OCH3 is 2. The number of carbonyl (C=O) groups excluding carboxylic acids is 3. The number of piperazine rings is 1. The third kappa shape index (κ3) is 7.39. The average molecular weight is 790 g/mol. The fraction of sp³-hybridized carbons (Fsp3) is 0.477. The summed E-state index contributed by atoms with van der Waals surface area (Å²) in [5, 5.41) is 3.66. The number of nitrogens with zero attached hydrogens (tertiary/aromatic N) is 6. The zero-order valence-electron chi connectivity index (χ0n) is 34.3. The predicted molar refractivity (Wildman–Crippen MR) is 221 cm³/mol. The van der Waals surface area contributed by atoms with Crippen molar-refractivity contribution >= 4 is 40.0 Å². The lowest BCUT2D eigenvalue weighted by atomic mass is 9.92. The number of ether oxygens (including phenoxy) is 2. The molecule has 3 amide bonds. The third-order valence-corrected chi connectivity index (χ3v) is 12.9. The lowest BCUT2D eigenvalue weighted by Crippen LogP contribution is -2.52. The molecule has 9 rings (SSSR count). The van der Waals surface area contributed by atoms with Crippen LogP contribution in [0.2, 0.25) is 0 Å². The predicted octanol–water partition coefficient (Wildman–Crippen LogP) is 4.00. The molecular formula is C44H52N8O6. The summed E-state index contributed by atoms with van der Waals surface area (Å²) in [6, 6.07) is 11.3. The van der Waals surface area contributed by atoms with Gasteiger partial charge in [-0.15, -0.1) is 0 Å². The second kappa shape index (κ2) is 16.1. The Kier molecular flexibility index (Phi) is 10.2. The zero-order chi connectivity index (χ0) is 40.8. The van der Waals surface area contributed by atoms with Crippen molar-refractivity contribution in [1.29, 1.82) is 0 Å². The van der Waals surface area contributed by atoms with Gasteiger partial charge in [0, 0.05) is 108 Å². The van der Waals surface area contributed by atoms with E-state index in [2.05, 4.69) is 41.0 Å². The van der Waals surface area contributed by atoms with E-state index in [0.29, 0.717) is 30.0 Å². The molecule has 0 radical (unpaired) electrons. The Morgan fingerprint density at radius 2 is 1.57 bits per heavy atom. The Hall–Kier alpha value is -5.47. The number of nitrogens with one attached hydrogen (secondary N) is 2. The van der Waals surface area contributed by atoms with E-state index in [9.17, 15) is 19.2 Å². The summed E-state index contributed by atoms with van der Waals surface area (Å²) in [5.41, 5.74) is 5.24. The molecule has 0 saturated carbocycles. The highest BCUT2D eigenvalue weighted by Gasteiger charge is 2.39. The van der Waals surface area contributed by atoms with Crippen molar-refractivity contribution in [1.82, 2.24) is 30.0 Å². The van der Waals surface area contributed by atoms with Crippen molar-refractivity contribution in [3.8, 4) is 22.6 Å². The van der Waals surface area contributed by atoms with Crippen LogP contribution in [0.3, 0.4) is 0 Å². The average Bonchev–Trinajstić information content (AvgIpc) is 3.56. The number of rotatable bonds is 11. The molecule has 58 heavy (non-hydrogen) atoms. The van der Waals surface area contributed by atoms with Gasteiger partial charge in [0.15, 0.2) is 0 Å². The molecule has 0 aliphatic carbocycles. The molecule has 2 unspecified atom stereocenters. The molecule has 7 heterocycles. The highest BCUT2D eigenvalue weighted by Crippen LogP contribution is 2.39. The van der Waals surface area contributed by atoms with Crippen LogP contribution in [0.4, 0.5) is 11.5 Å². The number of aromatic amines is 1. The lowest BCUT2D eigenvalue weighted by molar-refractivity contribution is -0.136. The number of fused-ring (bicyclic) bond motifs is 2. The van der Waals surface area contributed by atoms with E-state index < -0.39 is 24.3 Å². The molecule has 4 aromatic rings. The van der Waals surface area contributed by atoms with Crippen molar-refractivity contribution in [2.45, 2.75) is 57.6 Å². The van der Waals surface area contributed by atoms with Gasteiger partial charge in [-0.3, -0.25) is 29.4 Å². The van der Waals surface area contributed by atoms with E-state index in [1.54, 1.807) is 26.6 Å². The number of amides is 3. The molecule has 4 saturated heterocycles. The molecule has 5 aliphatic rings. The van der Waals surface area contributed by atoms with Gasteiger partial charge in [-0.25, -0.2) is 4.98 Å². The molecule has 0 bridgehead atoms. The summed E-state index contributed by atoms with van der Waals surface area (Å²) in [5.74, 6) is 1.75. The minimum Gasteiger partial charge on any atom is -0.496 e. The number of H-pyrrole nitrogens is 1. The summed E-state index contributed by atoms with van der Waals surface area (Å²) >= 11 is 0. The Morgan fingerprint density at radius 1 is 0.828 bits per heavy atom. The molecule has 14 heteroatoms. The molecular weight excluding hydrogens is 737 g/mol. The van der Waals surface area contributed by atoms with E-state index >= 15 is 0 Å². The summed E-state index contributed by atoms with van der Waals surface area (Å²) in [6.07, 6.45) is 6.97. The van der Waals surface area contributed by atoms with Gasteiger partial charge in [0.05, 0.1) is 25.2 Å². The van der Waals surface area contributed by atoms with Crippen LogP contribution >= 0.6 is 0 Å². The summed E-state index contributed by atoms with van der Waals surface area (Å²) in [6.45, 7) is 9.88. The Bertz CT molecular complexity index is 2310. The van der Waals surface area contributed by atoms with Gasteiger partial charge in [-0.2, -0.15) is 0 Å². The van der Waals surface area contributed by atoms with Crippen molar-refractivity contribution in [2.24, 2.45) is 5.92 Å². The second-order valence-electron chi connectivity index (χ2n) is 16.2. The minimum atomic E-state index is -1.05. The fourth-order valence-corrected chi connectivity index (χ4v) is 9.26. The Morgan fingerprint density at radius 3 is 2.28 bits per heavy atom. The first-order valence-electron chi connectivity index (χ1n) is 21.2. The van der Waals surface area contributed by atoms with Crippen molar-refractivity contribution in [3.63, 3.8) is 0 Å². The van der Waals surface area contributed by atoms with Crippen LogP contribution in [0.15, 0.2) is 53.6 Å². The molecule has 0 spiro atoms. The van der Waals surface area contributed by atoms with Gasteiger partial charge in [-0.1, -0.05) is 0 Å². The number of anilines is 2. The highest BCUT2D eigenvalue weighted by atomic mass is 16.5. The molecule has 5 aliphatic heterocycles. The standard InChI is InChI=1S/C44H52N8O6/c1-57-38-21-29(34-24-46-42(54)35-25-45-40(23-33(34)35)51-11-3-12-51)22-39(58-2)36(38)27-49-18-16-48(17-19-49)13-8-28-9-14-50(15-10-28)31-4-5-32-30(20-31)26-52(44(32)56)37-6-7-41(53)47-43(37)55/h4-5,20-25,28,37H,3,6-19,26-27H2,1-2H3,(H,46,54)(H,47,53,55)/i7D. The van der Waals surface area contributed by atoms with E-state index in [1.165, 1.54) is 11.3 Å². The topological polar surface area (TPSA) is 144 Å². The SMILES string of the molecule is [2H]C1CC(N2Cc3cc(N4CCC(CCN5CCN(Cc6c(OC)cc(-c7c[nH]c(=O)c8cnc(N9CCC9)cc78)cc6OC)CC5)CC4)ccc3C2=O)C(=O)NC1=O. The number of hydrogen-bond donors (Lipinski definition) is 2. The van der Waals surface area contributed by atoms with Crippen LogP contribution in [0.25, 0.3) is 21.9 Å². The van der Waals surface area contributed by atoms with E-state index in [1.807, 2.05) is 30.3 Å². The first-order valence-corrected chi connectivity index (χ1v) is 20.6. The van der Waals surface area contributed by atoms with Gasteiger partial charge in [0.1, 0.15) is 23.4 Å². The Balaban J connectivity index is 0.772. The van der Waals surface area contributed by atoms with Crippen molar-refractivity contribution in [2.75, 3.05) is 82.9 Å². The fourth-order valence-electron chi connectivity index (χ4n) is 9.26. The molecule has 2 aromatic heterocycles. The van der Waals surface area contributed by atoms with E-state index in [-0.39, 0.29) is 17.9 Å². The summed E-state index contributed by atoms with van der Waals surface area (Å²) < 4.78 is 19.9. The smallest absolute Gasteiger partial charge is 0.257 e. The van der Waals surface area contributed by atoms with E-state index in [0.717, 1.165) is 129 Å². The van der Waals surface area contributed by atoms with Crippen molar-refractivity contribution in [3.05, 3.63) is 75.8 Å². The van der Waals surface area contributed by atoms with Gasteiger partial charge in [0.2, 0.25) is 11.8 Å². The van der Waals surface area contributed by atoms with Gasteiger partial charge < -0.3 is 34.1 Å². The van der Waals surface area contributed by atoms with Crippen LogP contribution < -0.4 is 30.1 Å². The number of piperidine rings is 2. The second-order valence-corrected chi connectivity index (χ2v) is 16.2. The maximum atomic E-state index is 13.2. The van der Waals surface area contributed by atoms with Crippen LogP contribution in [-0.2, 0) is 22.7 Å². The molecule has 14 nitrogen and oxygen atoms in total. The quantitative estimate of drug-likeness (QED) is 0.213. The molecule has 304 valence electrons. The number of imide groups is 1. The highest BCUT2D eigenvalue weighted by molar-refractivity contribution is 6.05. The molecule has 2 atom stereocenters. The van der Waals surface area contributed by atoms with Gasteiger partial charge >= 0.3 is 0 Å². The normalized spacial score (nSPS) is 22.2. The monoisotopic (exact) mass is 789 g/mol. The van der Waals surface area contributed by atoms with Gasteiger partial charge in [0.25, 0.3) is 11.5 Å². The van der Waals surface area contributed by atoms with E-state index in [4.69, 9.17) is 10.8 Å². The number of pyridine rings is 2. The van der Waals surface area contributed by atoms with Crippen LogP contribution in [0.5, 0.6) is 11.5 Å². The number of benzene rings is 2. The maximum absolute atomic E-state index is 13.2. The molecule has 2 aromatic carbocycles. The minimum absolute atomic E-state index is 0.0253. The first kappa shape index (κ1) is 36.8. The number of hydrogen-bond acceptors (Lipinski definition) is 11.